The quantitative estimate of drug-likeness (QED) is 0.778. The standard InChI is InChI=1S/C20H20ClN3O/c21-17-6-3-4-15(12-17)14-23-8-10-24(11-9-23)20(25)19-13-16-5-1-2-7-18(16)22-19/h1-7,12-13,22H,8-11,14H2. The molecule has 0 radical (unpaired) electrons. The maximum Gasteiger partial charge on any atom is 0.270 e. The number of piperazine rings is 1. The predicted molar refractivity (Wildman–Crippen MR) is 101 cm³/mol. The summed E-state index contributed by atoms with van der Waals surface area (Å²) < 4.78 is 0. The van der Waals surface area contributed by atoms with E-state index in [1.54, 1.807) is 0 Å². The van der Waals surface area contributed by atoms with Gasteiger partial charge in [-0.3, -0.25) is 9.69 Å². The Labute approximate surface area is 152 Å². The molecule has 0 aliphatic carbocycles. The molecule has 1 N–H and O–H groups in total. The number of nitrogens with one attached hydrogen (secondary N) is 1. The summed E-state index contributed by atoms with van der Waals surface area (Å²) in [5.41, 5.74) is 2.89. The number of benzene rings is 2. The van der Waals surface area contributed by atoms with E-state index in [1.807, 2.05) is 53.4 Å². The smallest absolute Gasteiger partial charge is 0.270 e. The average molecular weight is 354 g/mol. The Balaban J connectivity index is 1.38. The summed E-state index contributed by atoms with van der Waals surface area (Å²) in [6.45, 7) is 4.11. The first-order valence-electron chi connectivity index (χ1n) is 8.53. The second-order valence-electron chi connectivity index (χ2n) is 6.47. The lowest BCUT2D eigenvalue weighted by Crippen LogP contribution is -2.48. The van der Waals surface area contributed by atoms with Gasteiger partial charge >= 0.3 is 0 Å². The van der Waals surface area contributed by atoms with Crippen LogP contribution in [0.15, 0.2) is 54.6 Å². The van der Waals surface area contributed by atoms with Crippen molar-refractivity contribution in [3.05, 3.63) is 70.9 Å². The van der Waals surface area contributed by atoms with Crippen LogP contribution in [-0.4, -0.2) is 46.9 Å². The monoisotopic (exact) mass is 353 g/mol. The number of hydrogen-bond donors (Lipinski definition) is 1. The number of H-pyrrole nitrogens is 1. The number of carbonyl (C=O) groups excluding carboxylic acids is 1. The van der Waals surface area contributed by atoms with Crippen LogP contribution in [0.5, 0.6) is 0 Å². The lowest BCUT2D eigenvalue weighted by atomic mass is 10.2. The van der Waals surface area contributed by atoms with Crippen molar-refractivity contribution < 1.29 is 4.79 Å². The minimum absolute atomic E-state index is 0.0820. The summed E-state index contributed by atoms with van der Waals surface area (Å²) in [4.78, 5) is 20.3. The van der Waals surface area contributed by atoms with Crippen molar-refractivity contribution in [3.63, 3.8) is 0 Å². The van der Waals surface area contributed by atoms with Crippen LogP contribution in [0.1, 0.15) is 16.1 Å². The van der Waals surface area contributed by atoms with Crippen molar-refractivity contribution in [1.82, 2.24) is 14.8 Å². The van der Waals surface area contributed by atoms with Crippen molar-refractivity contribution in [3.8, 4) is 0 Å². The Hall–Kier alpha value is -2.30. The molecule has 2 aromatic carbocycles. The molecule has 0 saturated carbocycles. The number of carbonyl (C=O) groups is 1. The van der Waals surface area contributed by atoms with E-state index in [0.29, 0.717) is 5.69 Å². The number of rotatable bonds is 3. The molecule has 0 atom stereocenters. The summed E-state index contributed by atoms with van der Waals surface area (Å²) in [7, 11) is 0. The van der Waals surface area contributed by atoms with Crippen molar-refractivity contribution in [2.75, 3.05) is 26.2 Å². The molecule has 0 spiro atoms. The zero-order valence-electron chi connectivity index (χ0n) is 13.9. The largest absolute Gasteiger partial charge is 0.351 e. The molecule has 5 heteroatoms. The van der Waals surface area contributed by atoms with Crippen LogP contribution in [0, 0.1) is 0 Å². The summed E-state index contributed by atoms with van der Waals surface area (Å²) in [6, 6.07) is 17.9. The zero-order valence-corrected chi connectivity index (χ0v) is 14.7. The number of amides is 1. The van der Waals surface area contributed by atoms with E-state index in [2.05, 4.69) is 16.0 Å². The van der Waals surface area contributed by atoms with Gasteiger partial charge in [-0.25, -0.2) is 0 Å². The number of nitrogens with zero attached hydrogens (tertiary/aromatic N) is 2. The molecule has 1 aliphatic heterocycles. The van der Waals surface area contributed by atoms with Gasteiger partial charge in [0.15, 0.2) is 0 Å². The third-order valence-electron chi connectivity index (χ3n) is 4.72. The van der Waals surface area contributed by atoms with E-state index >= 15 is 0 Å². The second kappa shape index (κ2) is 6.90. The van der Waals surface area contributed by atoms with E-state index in [0.717, 1.165) is 48.6 Å². The van der Waals surface area contributed by atoms with Gasteiger partial charge in [-0.2, -0.15) is 0 Å². The normalized spacial score (nSPS) is 15.6. The number of fused-ring (bicyclic) bond motifs is 1. The SMILES string of the molecule is O=C(c1cc2ccccc2[nH]1)N1CCN(Cc2cccc(Cl)c2)CC1. The molecular formula is C20H20ClN3O. The fraction of sp³-hybridized carbons (Fsp3) is 0.250. The minimum atomic E-state index is 0.0820. The fourth-order valence-electron chi connectivity index (χ4n) is 3.36. The molecule has 1 aromatic heterocycles. The van der Waals surface area contributed by atoms with E-state index in [-0.39, 0.29) is 5.91 Å². The van der Waals surface area contributed by atoms with Crippen molar-refractivity contribution in [2.24, 2.45) is 0 Å². The molecule has 1 saturated heterocycles. The lowest BCUT2D eigenvalue weighted by Gasteiger charge is -2.34. The van der Waals surface area contributed by atoms with E-state index in [4.69, 9.17) is 11.6 Å². The Kier molecular flexibility index (Phi) is 4.47. The molecule has 128 valence electrons. The van der Waals surface area contributed by atoms with E-state index < -0.39 is 0 Å². The number of aromatic amines is 1. The van der Waals surface area contributed by atoms with Crippen molar-refractivity contribution >= 4 is 28.4 Å². The molecule has 25 heavy (non-hydrogen) atoms. The average Bonchev–Trinajstić information content (AvgIpc) is 3.06. The van der Waals surface area contributed by atoms with Gasteiger partial charge in [-0.15, -0.1) is 0 Å². The predicted octanol–water partition coefficient (Wildman–Crippen LogP) is 3.78. The van der Waals surface area contributed by atoms with Crippen LogP contribution in [0.4, 0.5) is 0 Å². The highest BCUT2D eigenvalue weighted by atomic mass is 35.5. The number of hydrogen-bond acceptors (Lipinski definition) is 2. The molecule has 4 rings (SSSR count). The maximum absolute atomic E-state index is 12.7. The summed E-state index contributed by atoms with van der Waals surface area (Å²) in [6.07, 6.45) is 0. The number of para-hydroxylation sites is 1. The lowest BCUT2D eigenvalue weighted by molar-refractivity contribution is 0.0623. The van der Waals surface area contributed by atoms with Crippen LogP contribution < -0.4 is 0 Å². The van der Waals surface area contributed by atoms with Gasteiger partial charge in [-0.1, -0.05) is 41.9 Å². The van der Waals surface area contributed by atoms with Gasteiger partial charge in [0.25, 0.3) is 5.91 Å². The number of halogens is 1. The number of aromatic nitrogens is 1. The maximum atomic E-state index is 12.7. The Morgan fingerprint density at radius 3 is 2.56 bits per heavy atom. The summed E-state index contributed by atoms with van der Waals surface area (Å²) in [5.74, 6) is 0.0820. The van der Waals surface area contributed by atoms with Gasteiger partial charge in [0.2, 0.25) is 0 Å². The Morgan fingerprint density at radius 2 is 1.80 bits per heavy atom. The Morgan fingerprint density at radius 1 is 1.00 bits per heavy atom. The van der Waals surface area contributed by atoms with Gasteiger partial charge in [0.05, 0.1) is 0 Å². The molecule has 1 aliphatic rings. The highest BCUT2D eigenvalue weighted by Crippen LogP contribution is 2.18. The van der Waals surface area contributed by atoms with Gasteiger partial charge < -0.3 is 9.88 Å². The third kappa shape index (κ3) is 3.55. The summed E-state index contributed by atoms with van der Waals surface area (Å²) >= 11 is 6.05. The molecule has 0 bridgehead atoms. The molecule has 1 fully saturated rings. The minimum Gasteiger partial charge on any atom is -0.351 e. The van der Waals surface area contributed by atoms with Gasteiger partial charge in [0.1, 0.15) is 5.69 Å². The first kappa shape index (κ1) is 16.2. The Bertz CT molecular complexity index is 864. The summed E-state index contributed by atoms with van der Waals surface area (Å²) in [5, 5.41) is 1.84. The molecule has 0 unspecified atom stereocenters. The second-order valence-corrected chi connectivity index (χ2v) is 6.90. The zero-order chi connectivity index (χ0) is 17.2. The molecule has 4 nitrogen and oxygen atoms in total. The van der Waals surface area contributed by atoms with Crippen LogP contribution in [0.2, 0.25) is 5.02 Å². The van der Waals surface area contributed by atoms with Crippen LogP contribution >= 0.6 is 11.6 Å². The first-order chi connectivity index (χ1) is 12.2. The van der Waals surface area contributed by atoms with Gasteiger partial charge in [-0.05, 0) is 29.8 Å². The molecule has 2 heterocycles. The molecule has 3 aromatic rings. The van der Waals surface area contributed by atoms with Crippen molar-refractivity contribution in [2.45, 2.75) is 6.54 Å². The first-order valence-corrected chi connectivity index (χ1v) is 8.91. The van der Waals surface area contributed by atoms with Crippen molar-refractivity contribution in [1.29, 1.82) is 0 Å². The van der Waals surface area contributed by atoms with Crippen LogP contribution in [0.3, 0.4) is 0 Å². The van der Waals surface area contributed by atoms with E-state index in [9.17, 15) is 4.79 Å². The highest BCUT2D eigenvalue weighted by molar-refractivity contribution is 6.30. The van der Waals surface area contributed by atoms with Crippen LogP contribution in [-0.2, 0) is 6.54 Å². The third-order valence-corrected chi connectivity index (χ3v) is 4.95. The molecular weight excluding hydrogens is 334 g/mol. The highest BCUT2D eigenvalue weighted by Gasteiger charge is 2.23. The van der Waals surface area contributed by atoms with E-state index in [1.165, 1.54) is 5.56 Å². The fourth-order valence-corrected chi connectivity index (χ4v) is 3.57. The van der Waals surface area contributed by atoms with Gasteiger partial charge in [0, 0.05) is 48.6 Å². The topological polar surface area (TPSA) is 39.3 Å². The van der Waals surface area contributed by atoms with Crippen LogP contribution in [0.25, 0.3) is 10.9 Å². The molecule has 1 amide bonds.